The molecule has 0 fully saturated rings. The maximum atomic E-state index is 4.46. The minimum atomic E-state index is 0.980. The van der Waals surface area contributed by atoms with E-state index in [1.54, 1.807) is 0 Å². The Bertz CT molecular complexity index is 3370. The standard InChI is InChI=1S/C51H41N.C13H12.C2H6.H2S2/c1-5-16-41-33-42(26-25-35(41)2)48-34-49-46-22-14-15-24-50(46)52(51(49)47-23-13-12-21-45(47)48)44-29-27-40(28-30-44)43(31-36(3)38-17-8-6-9-18-38)32-37(4)39-19-10-7-11-20-39;1-11-7-9-13(10-8-11)12-5-3-2-4-6-12;2*1-2/h5-34H,3H2,1-2,4H3;2-10H,1H3;1-2H3;1-2H/b16-5-,37-32+,43-31+;;;. The summed E-state index contributed by atoms with van der Waals surface area (Å²) in [5.41, 5.74) is 19.2. The Morgan fingerprint density at radius 2 is 1.03 bits per heavy atom. The van der Waals surface area contributed by atoms with Crippen molar-refractivity contribution in [1.82, 2.24) is 4.57 Å². The summed E-state index contributed by atoms with van der Waals surface area (Å²) in [6.45, 7) is 17.0. The molecule has 0 radical (unpaired) electrons. The summed E-state index contributed by atoms with van der Waals surface area (Å²) < 4.78 is 2.44. The van der Waals surface area contributed by atoms with Crippen molar-refractivity contribution >= 4 is 78.7 Å². The van der Waals surface area contributed by atoms with Crippen molar-refractivity contribution in [1.29, 1.82) is 0 Å². The SMILES string of the molecule is C=C(/C=C(\C=C(/C)c1ccccc1)c1ccc(-n2c3ccccc3c3cc(-c4ccc(C)c(/C=C\C)c4)c4ccccc4c32)cc1)c1ccccc1.CC.Cc1ccc(-c2ccccc2)cc1.SS. The topological polar surface area (TPSA) is 4.93 Å². The van der Waals surface area contributed by atoms with Gasteiger partial charge in [-0.15, -0.1) is 23.3 Å². The molecule has 0 bridgehead atoms. The average Bonchev–Trinajstić information content (AvgIpc) is 3.75. The van der Waals surface area contributed by atoms with Gasteiger partial charge in [-0.3, -0.25) is 0 Å². The Balaban J connectivity index is 0.000000352. The van der Waals surface area contributed by atoms with Crippen molar-refractivity contribution in [3.63, 3.8) is 0 Å². The molecule has 0 saturated heterocycles. The number of allylic oxidation sites excluding steroid dienone is 6. The fraction of sp³-hybridized carbons (Fsp3) is 0.0909. The summed E-state index contributed by atoms with van der Waals surface area (Å²) in [4.78, 5) is 0. The number of thiol groups is 2. The van der Waals surface area contributed by atoms with Crippen LogP contribution in [0.15, 0.2) is 237 Å². The van der Waals surface area contributed by atoms with Gasteiger partial charge in [0.15, 0.2) is 0 Å². The molecular formula is C66H61NS2. The number of aromatic nitrogens is 1. The second-order valence-electron chi connectivity index (χ2n) is 16.8. The van der Waals surface area contributed by atoms with E-state index >= 15 is 0 Å². The van der Waals surface area contributed by atoms with E-state index in [-0.39, 0.29) is 0 Å². The number of hydrogen-bond acceptors (Lipinski definition) is 2. The zero-order valence-electron chi connectivity index (χ0n) is 40.6. The first kappa shape index (κ1) is 49.6. The zero-order valence-corrected chi connectivity index (χ0v) is 42.4. The highest BCUT2D eigenvalue weighted by molar-refractivity contribution is 8.59. The van der Waals surface area contributed by atoms with E-state index in [9.17, 15) is 0 Å². The van der Waals surface area contributed by atoms with Crippen LogP contribution < -0.4 is 0 Å². The lowest BCUT2D eigenvalue weighted by atomic mass is 9.93. The smallest absolute Gasteiger partial charge is 0.0619 e. The highest BCUT2D eigenvalue weighted by atomic mass is 33.1. The summed E-state index contributed by atoms with van der Waals surface area (Å²) in [7, 11) is 0. The lowest BCUT2D eigenvalue weighted by Crippen LogP contribution is -1.96. The molecule has 342 valence electrons. The molecule has 3 heteroatoms. The lowest BCUT2D eigenvalue weighted by Gasteiger charge is -2.14. The summed E-state index contributed by atoms with van der Waals surface area (Å²) in [6.07, 6.45) is 8.80. The third kappa shape index (κ3) is 11.5. The number of hydrogen-bond donors (Lipinski definition) is 2. The monoisotopic (exact) mass is 931 g/mol. The van der Waals surface area contributed by atoms with Crippen LogP contribution in [0.1, 0.15) is 61.1 Å². The molecule has 0 aliphatic heterocycles. The van der Waals surface area contributed by atoms with Gasteiger partial charge in [0.1, 0.15) is 0 Å². The van der Waals surface area contributed by atoms with Gasteiger partial charge in [-0.1, -0.05) is 226 Å². The van der Waals surface area contributed by atoms with Crippen molar-refractivity contribution in [3.05, 3.63) is 271 Å². The van der Waals surface area contributed by atoms with Crippen LogP contribution in [-0.4, -0.2) is 4.57 Å². The minimum Gasteiger partial charge on any atom is -0.309 e. The maximum absolute atomic E-state index is 4.46. The molecule has 0 unspecified atom stereocenters. The third-order valence-electron chi connectivity index (χ3n) is 12.3. The van der Waals surface area contributed by atoms with Gasteiger partial charge in [0.2, 0.25) is 0 Å². The summed E-state index contributed by atoms with van der Waals surface area (Å²) >= 11 is 6.44. The van der Waals surface area contributed by atoms with Gasteiger partial charge in [0, 0.05) is 21.8 Å². The van der Waals surface area contributed by atoms with Crippen LogP contribution in [0.25, 0.3) is 83.3 Å². The van der Waals surface area contributed by atoms with E-state index in [0.29, 0.717) is 0 Å². The van der Waals surface area contributed by atoms with Crippen LogP contribution in [0.4, 0.5) is 0 Å². The van der Waals surface area contributed by atoms with E-state index in [4.69, 9.17) is 0 Å². The van der Waals surface area contributed by atoms with Crippen LogP contribution in [-0.2, 0) is 0 Å². The van der Waals surface area contributed by atoms with E-state index in [1.807, 2.05) is 26.0 Å². The summed E-state index contributed by atoms with van der Waals surface area (Å²) in [5, 5.41) is 4.99. The Kier molecular flexibility index (Phi) is 17.3. The Hall–Kier alpha value is -7.30. The van der Waals surface area contributed by atoms with Crippen molar-refractivity contribution < 1.29 is 0 Å². The van der Waals surface area contributed by atoms with E-state index in [2.05, 4.69) is 287 Å². The molecule has 1 heterocycles. The molecule has 69 heavy (non-hydrogen) atoms. The zero-order chi connectivity index (χ0) is 48.7. The van der Waals surface area contributed by atoms with Crippen LogP contribution in [0.3, 0.4) is 0 Å². The molecule has 1 nitrogen and oxygen atoms in total. The normalized spacial score (nSPS) is 11.4. The van der Waals surface area contributed by atoms with Gasteiger partial charge in [-0.25, -0.2) is 0 Å². The summed E-state index contributed by atoms with van der Waals surface area (Å²) in [6, 6.07) is 75.9. The van der Waals surface area contributed by atoms with Gasteiger partial charge < -0.3 is 4.57 Å². The van der Waals surface area contributed by atoms with Crippen molar-refractivity contribution in [2.75, 3.05) is 0 Å². The van der Waals surface area contributed by atoms with Gasteiger partial charge >= 0.3 is 0 Å². The molecule has 10 rings (SSSR count). The van der Waals surface area contributed by atoms with Crippen molar-refractivity contribution in [2.45, 2.75) is 41.5 Å². The van der Waals surface area contributed by atoms with Gasteiger partial charge in [-0.05, 0) is 136 Å². The summed E-state index contributed by atoms with van der Waals surface area (Å²) in [5.74, 6) is 0. The minimum absolute atomic E-state index is 0.980. The van der Waals surface area contributed by atoms with Gasteiger partial charge in [-0.2, -0.15) is 0 Å². The lowest BCUT2D eigenvalue weighted by molar-refractivity contribution is 1.18. The van der Waals surface area contributed by atoms with Crippen molar-refractivity contribution in [3.8, 4) is 27.9 Å². The second-order valence-corrected chi connectivity index (χ2v) is 16.8. The Morgan fingerprint density at radius 1 is 0.493 bits per heavy atom. The number of aryl methyl sites for hydroxylation is 2. The first-order valence-electron chi connectivity index (χ1n) is 23.7. The quantitative estimate of drug-likeness (QED) is 0.0808. The fourth-order valence-electron chi connectivity index (χ4n) is 8.83. The number of benzene rings is 9. The molecular weight excluding hydrogens is 871 g/mol. The predicted molar refractivity (Wildman–Crippen MR) is 313 cm³/mol. The van der Waals surface area contributed by atoms with Crippen molar-refractivity contribution in [2.24, 2.45) is 0 Å². The molecule has 0 atom stereocenters. The molecule has 0 aliphatic carbocycles. The number of para-hydroxylation sites is 1. The molecule has 9 aromatic carbocycles. The Labute approximate surface area is 420 Å². The van der Waals surface area contributed by atoms with Crippen LogP contribution in [0.5, 0.6) is 0 Å². The van der Waals surface area contributed by atoms with E-state index < -0.39 is 0 Å². The first-order valence-corrected chi connectivity index (χ1v) is 25.3. The number of fused-ring (bicyclic) bond motifs is 5. The van der Waals surface area contributed by atoms with Gasteiger partial charge in [0.05, 0.1) is 11.0 Å². The maximum Gasteiger partial charge on any atom is 0.0619 e. The predicted octanol–water partition coefficient (Wildman–Crippen LogP) is 19.6. The fourth-order valence-corrected chi connectivity index (χ4v) is 8.83. The molecule has 0 spiro atoms. The molecule has 1 aromatic heterocycles. The first-order chi connectivity index (χ1) is 33.9. The molecule has 0 saturated carbocycles. The van der Waals surface area contributed by atoms with E-state index in [1.165, 1.54) is 82.7 Å². The van der Waals surface area contributed by atoms with Gasteiger partial charge in [0.25, 0.3) is 0 Å². The van der Waals surface area contributed by atoms with Crippen LogP contribution in [0.2, 0.25) is 0 Å². The molecule has 0 aliphatic rings. The third-order valence-corrected chi connectivity index (χ3v) is 12.3. The van der Waals surface area contributed by atoms with Crippen LogP contribution >= 0.6 is 23.3 Å². The Morgan fingerprint density at radius 3 is 1.67 bits per heavy atom. The average molecular weight is 932 g/mol. The molecule has 0 amide bonds. The highest BCUT2D eigenvalue weighted by Gasteiger charge is 2.18. The van der Waals surface area contributed by atoms with E-state index in [0.717, 1.165) is 28.0 Å². The number of nitrogens with zero attached hydrogens (tertiary/aromatic N) is 1. The molecule has 10 aromatic rings. The number of rotatable bonds is 9. The van der Waals surface area contributed by atoms with Crippen LogP contribution in [0, 0.1) is 13.8 Å². The molecule has 0 N–H and O–H groups in total. The highest BCUT2D eigenvalue weighted by Crippen LogP contribution is 2.42. The largest absolute Gasteiger partial charge is 0.309 e. The second kappa shape index (κ2) is 24.1.